The van der Waals surface area contributed by atoms with Crippen LogP contribution in [-0.2, 0) is 18.3 Å². The van der Waals surface area contributed by atoms with E-state index in [4.69, 9.17) is 0 Å². The fourth-order valence-electron chi connectivity index (χ4n) is 2.49. The number of hydrogen-bond donors (Lipinski definition) is 1. The van der Waals surface area contributed by atoms with Crippen LogP contribution in [0.15, 0.2) is 24.5 Å². The highest BCUT2D eigenvalue weighted by atomic mass is 16.2. The number of rotatable bonds is 2. The molecular formula is C14H18N4O. The quantitative estimate of drug-likeness (QED) is 0.855. The second-order valence-electron chi connectivity index (χ2n) is 4.99. The normalized spacial score (nSPS) is 15.9. The predicted molar refractivity (Wildman–Crippen MR) is 73.9 cm³/mol. The van der Waals surface area contributed by atoms with Gasteiger partial charge in [0, 0.05) is 33.2 Å². The predicted octanol–water partition coefficient (Wildman–Crippen LogP) is 0.548. The Balaban J connectivity index is 1.75. The van der Waals surface area contributed by atoms with Crippen LogP contribution in [0.2, 0.25) is 0 Å². The van der Waals surface area contributed by atoms with E-state index in [9.17, 15) is 4.79 Å². The molecular weight excluding hydrogens is 240 g/mol. The smallest absolute Gasteiger partial charge is 0.227 e. The Bertz CT molecular complexity index is 599. The molecule has 2 heterocycles. The molecule has 1 amide bonds. The molecule has 0 unspecified atom stereocenters. The summed E-state index contributed by atoms with van der Waals surface area (Å²) in [6, 6.07) is 6.06. The first kappa shape index (κ1) is 12.2. The van der Waals surface area contributed by atoms with Gasteiger partial charge in [-0.2, -0.15) is 0 Å². The van der Waals surface area contributed by atoms with Gasteiger partial charge in [-0.1, -0.05) is 6.07 Å². The van der Waals surface area contributed by atoms with E-state index in [2.05, 4.69) is 10.3 Å². The van der Waals surface area contributed by atoms with Crippen LogP contribution >= 0.6 is 0 Å². The highest BCUT2D eigenvalue weighted by Crippen LogP contribution is 2.15. The van der Waals surface area contributed by atoms with Crippen molar-refractivity contribution >= 4 is 16.9 Å². The summed E-state index contributed by atoms with van der Waals surface area (Å²) < 4.78 is 1.98. The van der Waals surface area contributed by atoms with Crippen LogP contribution in [0.5, 0.6) is 0 Å². The molecule has 0 aliphatic carbocycles. The van der Waals surface area contributed by atoms with E-state index in [1.54, 1.807) is 6.33 Å². The molecule has 100 valence electrons. The molecule has 5 heteroatoms. The topological polar surface area (TPSA) is 50.2 Å². The Morgan fingerprint density at radius 3 is 2.95 bits per heavy atom. The van der Waals surface area contributed by atoms with Gasteiger partial charge < -0.3 is 14.8 Å². The van der Waals surface area contributed by atoms with E-state index in [0.717, 1.165) is 42.8 Å². The third-order valence-corrected chi connectivity index (χ3v) is 3.61. The molecule has 1 aromatic heterocycles. The van der Waals surface area contributed by atoms with Crippen molar-refractivity contribution in [1.82, 2.24) is 19.8 Å². The van der Waals surface area contributed by atoms with Gasteiger partial charge in [0.15, 0.2) is 0 Å². The number of nitrogens with one attached hydrogen (secondary N) is 1. The second-order valence-corrected chi connectivity index (χ2v) is 4.99. The average Bonchev–Trinajstić information content (AvgIpc) is 2.81. The van der Waals surface area contributed by atoms with Crippen molar-refractivity contribution in [3.05, 3.63) is 30.1 Å². The summed E-state index contributed by atoms with van der Waals surface area (Å²) in [5.41, 5.74) is 3.08. The molecule has 1 N–H and O–H groups in total. The van der Waals surface area contributed by atoms with Crippen LogP contribution in [0.3, 0.4) is 0 Å². The summed E-state index contributed by atoms with van der Waals surface area (Å²) in [7, 11) is 1.97. The maximum absolute atomic E-state index is 12.2. The van der Waals surface area contributed by atoms with E-state index < -0.39 is 0 Å². The van der Waals surface area contributed by atoms with E-state index in [-0.39, 0.29) is 5.91 Å². The van der Waals surface area contributed by atoms with Gasteiger partial charge in [0.05, 0.1) is 23.8 Å². The second kappa shape index (κ2) is 5.01. The number of aromatic nitrogens is 2. The van der Waals surface area contributed by atoms with E-state index in [0.29, 0.717) is 6.42 Å². The van der Waals surface area contributed by atoms with Crippen molar-refractivity contribution < 1.29 is 4.79 Å². The molecule has 0 atom stereocenters. The lowest BCUT2D eigenvalue weighted by Crippen LogP contribution is -2.46. The van der Waals surface area contributed by atoms with Crippen LogP contribution in [0.4, 0.5) is 0 Å². The minimum Gasteiger partial charge on any atom is -0.340 e. The highest BCUT2D eigenvalue weighted by molar-refractivity contribution is 5.82. The molecule has 0 saturated carbocycles. The van der Waals surface area contributed by atoms with Gasteiger partial charge in [-0.05, 0) is 17.7 Å². The maximum Gasteiger partial charge on any atom is 0.227 e. The summed E-state index contributed by atoms with van der Waals surface area (Å²) >= 11 is 0. The number of aryl methyl sites for hydroxylation is 1. The van der Waals surface area contributed by atoms with E-state index >= 15 is 0 Å². The Morgan fingerprint density at radius 1 is 1.37 bits per heavy atom. The number of carbonyl (C=O) groups excluding carboxylic acids is 1. The number of benzene rings is 1. The lowest BCUT2D eigenvalue weighted by atomic mass is 10.1. The van der Waals surface area contributed by atoms with Crippen molar-refractivity contribution in [3.63, 3.8) is 0 Å². The third kappa shape index (κ3) is 2.46. The Kier molecular flexibility index (Phi) is 3.21. The monoisotopic (exact) mass is 258 g/mol. The molecule has 2 aromatic rings. The number of amides is 1. The van der Waals surface area contributed by atoms with Crippen LogP contribution in [0.25, 0.3) is 11.0 Å². The van der Waals surface area contributed by atoms with Gasteiger partial charge in [0.1, 0.15) is 0 Å². The van der Waals surface area contributed by atoms with Gasteiger partial charge in [0.25, 0.3) is 0 Å². The summed E-state index contributed by atoms with van der Waals surface area (Å²) in [5.74, 6) is 0.205. The number of carbonyl (C=O) groups is 1. The minimum atomic E-state index is 0.205. The lowest BCUT2D eigenvalue weighted by molar-refractivity contribution is -0.131. The van der Waals surface area contributed by atoms with Gasteiger partial charge in [-0.3, -0.25) is 4.79 Å². The fourth-order valence-corrected chi connectivity index (χ4v) is 2.49. The number of imidazole rings is 1. The Hall–Kier alpha value is -1.88. The van der Waals surface area contributed by atoms with Crippen molar-refractivity contribution in [2.24, 2.45) is 7.05 Å². The number of nitrogens with zero attached hydrogens (tertiary/aromatic N) is 3. The van der Waals surface area contributed by atoms with Crippen molar-refractivity contribution in [2.45, 2.75) is 6.42 Å². The lowest BCUT2D eigenvalue weighted by Gasteiger charge is -2.27. The molecule has 0 radical (unpaired) electrons. The van der Waals surface area contributed by atoms with Crippen LogP contribution < -0.4 is 5.32 Å². The molecule has 5 nitrogen and oxygen atoms in total. The van der Waals surface area contributed by atoms with Crippen molar-refractivity contribution in [3.8, 4) is 0 Å². The average molecular weight is 258 g/mol. The van der Waals surface area contributed by atoms with E-state index in [1.165, 1.54) is 0 Å². The van der Waals surface area contributed by atoms with Crippen LogP contribution in [-0.4, -0.2) is 46.5 Å². The third-order valence-electron chi connectivity index (χ3n) is 3.61. The molecule has 0 spiro atoms. The Labute approximate surface area is 112 Å². The zero-order chi connectivity index (χ0) is 13.2. The first-order valence-corrected chi connectivity index (χ1v) is 6.62. The Morgan fingerprint density at radius 2 is 2.16 bits per heavy atom. The molecule has 3 rings (SSSR count). The summed E-state index contributed by atoms with van der Waals surface area (Å²) in [6.45, 7) is 3.41. The van der Waals surface area contributed by atoms with Gasteiger partial charge in [0.2, 0.25) is 5.91 Å². The molecule has 1 saturated heterocycles. The first-order valence-electron chi connectivity index (χ1n) is 6.62. The minimum absolute atomic E-state index is 0.205. The standard InChI is InChI=1S/C14H18N4O/c1-17-10-16-12-8-11(2-3-13(12)17)9-14(19)18-6-4-15-5-7-18/h2-3,8,10,15H,4-7,9H2,1H3. The SMILES string of the molecule is Cn1cnc2cc(CC(=O)N3CCNCC3)ccc21. The maximum atomic E-state index is 12.2. The molecule has 1 aromatic carbocycles. The molecule has 1 aliphatic rings. The van der Waals surface area contributed by atoms with Crippen molar-refractivity contribution in [2.75, 3.05) is 26.2 Å². The highest BCUT2D eigenvalue weighted by Gasteiger charge is 2.16. The largest absolute Gasteiger partial charge is 0.340 e. The van der Waals surface area contributed by atoms with E-state index in [1.807, 2.05) is 34.7 Å². The van der Waals surface area contributed by atoms with Gasteiger partial charge >= 0.3 is 0 Å². The van der Waals surface area contributed by atoms with Crippen molar-refractivity contribution in [1.29, 1.82) is 0 Å². The zero-order valence-electron chi connectivity index (χ0n) is 11.1. The van der Waals surface area contributed by atoms with Crippen LogP contribution in [0, 0.1) is 0 Å². The summed E-state index contributed by atoms with van der Waals surface area (Å²) in [5, 5.41) is 3.25. The molecule has 0 bridgehead atoms. The van der Waals surface area contributed by atoms with Gasteiger partial charge in [-0.25, -0.2) is 4.98 Å². The fraction of sp³-hybridized carbons (Fsp3) is 0.429. The number of hydrogen-bond acceptors (Lipinski definition) is 3. The summed E-state index contributed by atoms with van der Waals surface area (Å²) in [6.07, 6.45) is 2.26. The van der Waals surface area contributed by atoms with Gasteiger partial charge in [-0.15, -0.1) is 0 Å². The molecule has 19 heavy (non-hydrogen) atoms. The number of piperazine rings is 1. The zero-order valence-corrected chi connectivity index (χ0v) is 11.1. The molecule has 1 aliphatic heterocycles. The first-order chi connectivity index (χ1) is 9.24. The number of fused-ring (bicyclic) bond motifs is 1. The molecule has 1 fully saturated rings. The summed E-state index contributed by atoms with van der Waals surface area (Å²) in [4.78, 5) is 18.4. The van der Waals surface area contributed by atoms with Crippen LogP contribution in [0.1, 0.15) is 5.56 Å².